The third-order valence-electron chi connectivity index (χ3n) is 5.11. The molecule has 0 radical (unpaired) electrons. The second-order valence-electron chi connectivity index (χ2n) is 7.04. The number of nitrogens with zero attached hydrogens (tertiary/aromatic N) is 4. The van der Waals surface area contributed by atoms with Crippen LogP contribution < -0.4 is 5.32 Å². The van der Waals surface area contributed by atoms with Crippen molar-refractivity contribution >= 4 is 29.9 Å². The average molecular weight is 485 g/mol. The number of halogens is 2. The van der Waals surface area contributed by atoms with Crippen LogP contribution in [0.5, 0.6) is 0 Å². The number of aryl methyl sites for hydroxylation is 1. The number of aliphatic imine (C=N–C) groups is 1. The standard InChI is InChI=1S/C20H28FN5.HI/c1-4-23-20(24-12-17-6-5-15(2)18(21)11-17)25-9-7-16(3)19(13-25)26-10-8-22-14-26;/h5-6,8,10-11,14,16,19H,4,7,9,12-13H2,1-3H3,(H,23,24);1H. The number of imidazole rings is 1. The largest absolute Gasteiger partial charge is 0.357 e. The third kappa shape index (κ3) is 5.43. The van der Waals surface area contributed by atoms with Gasteiger partial charge in [0, 0.05) is 32.0 Å². The van der Waals surface area contributed by atoms with Gasteiger partial charge in [-0.15, -0.1) is 24.0 Å². The van der Waals surface area contributed by atoms with E-state index in [-0.39, 0.29) is 29.8 Å². The van der Waals surface area contributed by atoms with Crippen molar-refractivity contribution < 1.29 is 4.39 Å². The summed E-state index contributed by atoms with van der Waals surface area (Å²) in [6.07, 6.45) is 6.86. The zero-order valence-electron chi connectivity index (χ0n) is 16.2. The van der Waals surface area contributed by atoms with Crippen LogP contribution in [-0.2, 0) is 6.54 Å². The smallest absolute Gasteiger partial charge is 0.194 e. The van der Waals surface area contributed by atoms with Gasteiger partial charge in [0.1, 0.15) is 5.82 Å². The minimum absolute atomic E-state index is 0. The topological polar surface area (TPSA) is 45.5 Å². The van der Waals surface area contributed by atoms with Crippen LogP contribution >= 0.6 is 24.0 Å². The van der Waals surface area contributed by atoms with Crippen LogP contribution in [0.25, 0.3) is 0 Å². The van der Waals surface area contributed by atoms with E-state index < -0.39 is 0 Å². The van der Waals surface area contributed by atoms with Crippen LogP contribution in [-0.4, -0.2) is 40.0 Å². The summed E-state index contributed by atoms with van der Waals surface area (Å²) < 4.78 is 16.0. The molecule has 0 saturated carbocycles. The van der Waals surface area contributed by atoms with Gasteiger partial charge in [0.05, 0.1) is 18.9 Å². The normalized spacial score (nSPS) is 20.3. The molecule has 1 aromatic carbocycles. The molecule has 27 heavy (non-hydrogen) atoms. The number of likely N-dealkylation sites (tertiary alicyclic amines) is 1. The maximum Gasteiger partial charge on any atom is 0.194 e. The molecule has 0 aliphatic carbocycles. The van der Waals surface area contributed by atoms with E-state index in [1.807, 2.05) is 30.9 Å². The SMILES string of the molecule is CCNC(=NCc1ccc(C)c(F)c1)N1CCC(C)C(n2ccnc2)C1.I. The first kappa shape index (κ1) is 21.7. The van der Waals surface area contributed by atoms with Crippen LogP contribution in [0.4, 0.5) is 4.39 Å². The Morgan fingerprint density at radius 3 is 2.89 bits per heavy atom. The molecule has 1 aliphatic rings. The van der Waals surface area contributed by atoms with Crippen molar-refractivity contribution in [3.8, 4) is 0 Å². The molecular formula is C20H29FIN5. The predicted molar refractivity (Wildman–Crippen MR) is 118 cm³/mol. The van der Waals surface area contributed by atoms with Gasteiger partial charge in [-0.1, -0.05) is 19.1 Å². The molecule has 1 aromatic heterocycles. The van der Waals surface area contributed by atoms with Gasteiger partial charge in [-0.3, -0.25) is 0 Å². The molecule has 1 aliphatic heterocycles. The van der Waals surface area contributed by atoms with E-state index in [9.17, 15) is 4.39 Å². The van der Waals surface area contributed by atoms with Gasteiger partial charge in [0.2, 0.25) is 0 Å². The highest BCUT2D eigenvalue weighted by molar-refractivity contribution is 14.0. The quantitative estimate of drug-likeness (QED) is 0.405. The number of nitrogens with one attached hydrogen (secondary N) is 1. The van der Waals surface area contributed by atoms with Crippen LogP contribution in [0.2, 0.25) is 0 Å². The highest BCUT2D eigenvalue weighted by Crippen LogP contribution is 2.27. The Hall–Kier alpha value is -1.64. The summed E-state index contributed by atoms with van der Waals surface area (Å²) in [5.74, 6) is 1.31. The number of guanidine groups is 1. The zero-order chi connectivity index (χ0) is 18.5. The molecule has 2 atom stereocenters. The molecule has 0 bridgehead atoms. The van der Waals surface area contributed by atoms with Crippen LogP contribution in [0, 0.1) is 18.7 Å². The molecule has 1 saturated heterocycles. The van der Waals surface area contributed by atoms with E-state index in [2.05, 4.69) is 33.6 Å². The highest BCUT2D eigenvalue weighted by Gasteiger charge is 2.28. The van der Waals surface area contributed by atoms with Gasteiger partial charge < -0.3 is 14.8 Å². The second kappa shape index (κ2) is 10.1. The van der Waals surface area contributed by atoms with E-state index in [0.29, 0.717) is 24.1 Å². The lowest BCUT2D eigenvalue weighted by molar-refractivity contribution is 0.189. The van der Waals surface area contributed by atoms with Crippen molar-refractivity contribution in [3.05, 3.63) is 53.9 Å². The summed E-state index contributed by atoms with van der Waals surface area (Å²) >= 11 is 0. The Kier molecular flexibility index (Phi) is 8.07. The van der Waals surface area contributed by atoms with E-state index in [1.165, 1.54) is 0 Å². The van der Waals surface area contributed by atoms with E-state index in [1.54, 1.807) is 13.0 Å². The molecule has 7 heteroatoms. The van der Waals surface area contributed by atoms with E-state index in [0.717, 1.165) is 37.6 Å². The minimum Gasteiger partial charge on any atom is -0.357 e. The van der Waals surface area contributed by atoms with Crippen LogP contribution in [0.15, 0.2) is 41.9 Å². The Labute approximate surface area is 178 Å². The molecule has 3 rings (SSSR count). The van der Waals surface area contributed by atoms with Crippen molar-refractivity contribution in [1.29, 1.82) is 0 Å². The lowest BCUT2D eigenvalue weighted by Crippen LogP contribution is -2.49. The summed E-state index contributed by atoms with van der Waals surface area (Å²) in [5, 5.41) is 3.39. The lowest BCUT2D eigenvalue weighted by atomic mass is 9.93. The molecule has 2 aromatic rings. The molecular weight excluding hydrogens is 456 g/mol. The molecule has 2 heterocycles. The first-order valence-electron chi connectivity index (χ1n) is 9.34. The van der Waals surface area contributed by atoms with E-state index >= 15 is 0 Å². The van der Waals surface area contributed by atoms with Gasteiger partial charge in [-0.25, -0.2) is 14.4 Å². The van der Waals surface area contributed by atoms with Crippen molar-refractivity contribution in [2.24, 2.45) is 10.9 Å². The van der Waals surface area contributed by atoms with Gasteiger partial charge in [0.15, 0.2) is 5.96 Å². The van der Waals surface area contributed by atoms with Crippen molar-refractivity contribution in [2.45, 2.75) is 39.8 Å². The number of piperidine rings is 1. The molecule has 5 nitrogen and oxygen atoms in total. The molecule has 148 valence electrons. The van der Waals surface area contributed by atoms with Crippen LogP contribution in [0.1, 0.15) is 37.4 Å². The first-order chi connectivity index (χ1) is 12.6. The van der Waals surface area contributed by atoms with Gasteiger partial charge in [-0.2, -0.15) is 0 Å². The molecule has 2 unspecified atom stereocenters. The fraction of sp³-hybridized carbons (Fsp3) is 0.500. The predicted octanol–water partition coefficient (Wildman–Crippen LogP) is 4.00. The summed E-state index contributed by atoms with van der Waals surface area (Å²) in [6, 6.07) is 5.71. The molecule has 1 fully saturated rings. The zero-order valence-corrected chi connectivity index (χ0v) is 18.6. The summed E-state index contributed by atoms with van der Waals surface area (Å²) in [7, 11) is 0. The number of hydrogen-bond donors (Lipinski definition) is 1. The Morgan fingerprint density at radius 1 is 1.41 bits per heavy atom. The maximum absolute atomic E-state index is 13.8. The number of hydrogen-bond acceptors (Lipinski definition) is 2. The highest BCUT2D eigenvalue weighted by atomic mass is 127. The van der Waals surface area contributed by atoms with Gasteiger partial charge >= 0.3 is 0 Å². The minimum atomic E-state index is -0.172. The summed E-state index contributed by atoms with van der Waals surface area (Å²) in [6.45, 7) is 9.29. The van der Waals surface area contributed by atoms with Crippen LogP contribution in [0.3, 0.4) is 0 Å². The average Bonchev–Trinajstić information content (AvgIpc) is 3.16. The van der Waals surface area contributed by atoms with E-state index in [4.69, 9.17) is 4.99 Å². The molecule has 0 spiro atoms. The summed E-state index contributed by atoms with van der Waals surface area (Å²) in [4.78, 5) is 11.3. The Bertz CT molecular complexity index is 747. The fourth-order valence-corrected chi connectivity index (χ4v) is 3.42. The number of aromatic nitrogens is 2. The monoisotopic (exact) mass is 485 g/mol. The molecule has 0 amide bonds. The maximum atomic E-state index is 13.8. The van der Waals surface area contributed by atoms with Crippen molar-refractivity contribution in [1.82, 2.24) is 19.8 Å². The fourth-order valence-electron chi connectivity index (χ4n) is 3.42. The summed E-state index contributed by atoms with van der Waals surface area (Å²) in [5.41, 5.74) is 1.55. The number of benzene rings is 1. The Morgan fingerprint density at radius 2 is 2.22 bits per heavy atom. The number of rotatable bonds is 4. The van der Waals surface area contributed by atoms with Crippen molar-refractivity contribution in [3.63, 3.8) is 0 Å². The molecule has 1 N–H and O–H groups in total. The van der Waals surface area contributed by atoms with Gasteiger partial charge in [-0.05, 0) is 43.4 Å². The van der Waals surface area contributed by atoms with Gasteiger partial charge in [0.25, 0.3) is 0 Å². The van der Waals surface area contributed by atoms with Crippen molar-refractivity contribution in [2.75, 3.05) is 19.6 Å². The Balaban J connectivity index is 0.00000261. The second-order valence-corrected chi connectivity index (χ2v) is 7.04. The third-order valence-corrected chi connectivity index (χ3v) is 5.11. The first-order valence-corrected chi connectivity index (χ1v) is 9.34. The lowest BCUT2D eigenvalue weighted by Gasteiger charge is -2.39.